The Morgan fingerprint density at radius 1 is 1.19 bits per heavy atom. The fourth-order valence-corrected chi connectivity index (χ4v) is 3.62. The Balaban J connectivity index is 1.28. The molecular formula is C21H33N3O2. The minimum Gasteiger partial charge on any atom is -0.499 e. The van der Waals surface area contributed by atoms with Gasteiger partial charge < -0.3 is 20.5 Å². The second-order valence-corrected chi connectivity index (χ2v) is 7.33. The standard InChI is InChI=1S/C21H33N3O2/c1-25-20(16-6-4-7-16)19(22)12-15-26-14-3-2-9-18-11-10-17-8-5-13-23-21(17)24-18/h10-11,19H,2-9,12-15,22H2,1H3,(H,23,24). The molecule has 3 N–H and O–H groups in total. The van der Waals surface area contributed by atoms with E-state index in [0.717, 1.165) is 69.7 Å². The summed E-state index contributed by atoms with van der Waals surface area (Å²) < 4.78 is 11.3. The minimum atomic E-state index is -0.0255. The van der Waals surface area contributed by atoms with Crippen LogP contribution in [-0.4, -0.2) is 37.9 Å². The summed E-state index contributed by atoms with van der Waals surface area (Å²) in [4.78, 5) is 4.74. The Bertz CT molecular complexity index is 609. The maximum absolute atomic E-state index is 6.23. The Morgan fingerprint density at radius 3 is 2.85 bits per heavy atom. The van der Waals surface area contributed by atoms with Crippen LogP contribution in [0.5, 0.6) is 0 Å². The molecule has 5 heteroatoms. The summed E-state index contributed by atoms with van der Waals surface area (Å²) >= 11 is 0. The molecule has 2 heterocycles. The smallest absolute Gasteiger partial charge is 0.129 e. The first-order valence-electron chi connectivity index (χ1n) is 10.1. The van der Waals surface area contributed by atoms with Crippen molar-refractivity contribution in [3.05, 3.63) is 34.7 Å². The molecule has 5 nitrogen and oxygen atoms in total. The first-order valence-corrected chi connectivity index (χ1v) is 10.1. The number of aryl methyl sites for hydroxylation is 2. The zero-order valence-corrected chi connectivity index (χ0v) is 16.1. The summed E-state index contributed by atoms with van der Waals surface area (Å²) in [6, 6.07) is 4.37. The number of methoxy groups -OCH3 is 1. The predicted octanol–water partition coefficient (Wildman–Crippen LogP) is 3.58. The van der Waals surface area contributed by atoms with Crippen LogP contribution in [0.15, 0.2) is 23.5 Å². The number of ether oxygens (including phenoxy) is 2. The quantitative estimate of drug-likeness (QED) is 0.494. The first-order chi connectivity index (χ1) is 12.8. The van der Waals surface area contributed by atoms with Crippen molar-refractivity contribution >= 4 is 5.82 Å². The number of pyridine rings is 1. The van der Waals surface area contributed by atoms with Gasteiger partial charge in [-0.25, -0.2) is 4.98 Å². The molecule has 0 saturated heterocycles. The molecule has 1 saturated carbocycles. The van der Waals surface area contributed by atoms with Gasteiger partial charge in [-0.15, -0.1) is 0 Å². The maximum Gasteiger partial charge on any atom is 0.129 e. The average Bonchev–Trinajstić information content (AvgIpc) is 2.63. The molecule has 0 aromatic carbocycles. The lowest BCUT2D eigenvalue weighted by atomic mass is 9.89. The third kappa shape index (κ3) is 5.21. The van der Waals surface area contributed by atoms with E-state index >= 15 is 0 Å². The molecule has 0 amide bonds. The van der Waals surface area contributed by atoms with E-state index in [1.807, 2.05) is 0 Å². The fraction of sp³-hybridized carbons (Fsp3) is 0.667. The van der Waals surface area contributed by atoms with Crippen molar-refractivity contribution in [2.45, 2.75) is 63.8 Å². The van der Waals surface area contributed by atoms with E-state index < -0.39 is 0 Å². The van der Waals surface area contributed by atoms with Gasteiger partial charge in [-0.1, -0.05) is 6.07 Å². The van der Waals surface area contributed by atoms with Gasteiger partial charge in [0, 0.05) is 25.5 Å². The van der Waals surface area contributed by atoms with Gasteiger partial charge in [0.05, 0.1) is 13.2 Å². The maximum atomic E-state index is 6.23. The zero-order chi connectivity index (χ0) is 18.2. The lowest BCUT2D eigenvalue weighted by Crippen LogP contribution is -2.28. The lowest BCUT2D eigenvalue weighted by Gasteiger charge is -2.24. The number of allylic oxidation sites excluding steroid dienone is 1. The van der Waals surface area contributed by atoms with Gasteiger partial charge in [0.2, 0.25) is 0 Å². The predicted molar refractivity (Wildman–Crippen MR) is 105 cm³/mol. The third-order valence-electron chi connectivity index (χ3n) is 5.36. The molecule has 1 atom stereocenters. The average molecular weight is 360 g/mol. The van der Waals surface area contributed by atoms with Crippen LogP contribution < -0.4 is 11.1 Å². The van der Waals surface area contributed by atoms with E-state index in [4.69, 9.17) is 20.2 Å². The Labute approximate surface area is 157 Å². The SMILES string of the molecule is COC(=C1CCC1)C(N)CCOCCCCc1ccc2c(n1)NCCC2. The van der Waals surface area contributed by atoms with Gasteiger partial charge in [-0.3, -0.25) is 0 Å². The molecule has 3 rings (SSSR count). The molecule has 0 bridgehead atoms. The normalized spacial score (nSPS) is 17.1. The number of unbranched alkanes of at least 4 members (excludes halogenated alkanes) is 1. The number of nitrogens with one attached hydrogen (secondary N) is 1. The van der Waals surface area contributed by atoms with E-state index in [1.54, 1.807) is 7.11 Å². The lowest BCUT2D eigenvalue weighted by molar-refractivity contribution is 0.119. The molecule has 1 unspecified atom stereocenters. The van der Waals surface area contributed by atoms with E-state index in [1.165, 1.54) is 29.7 Å². The van der Waals surface area contributed by atoms with Gasteiger partial charge in [0.25, 0.3) is 0 Å². The molecule has 0 radical (unpaired) electrons. The number of fused-ring (bicyclic) bond motifs is 1. The highest BCUT2D eigenvalue weighted by Gasteiger charge is 2.20. The van der Waals surface area contributed by atoms with Crippen molar-refractivity contribution in [1.29, 1.82) is 0 Å². The molecule has 1 aromatic rings. The van der Waals surface area contributed by atoms with Crippen molar-refractivity contribution in [2.24, 2.45) is 5.73 Å². The van der Waals surface area contributed by atoms with Crippen LogP contribution in [0.4, 0.5) is 5.82 Å². The number of hydrogen-bond acceptors (Lipinski definition) is 5. The number of rotatable bonds is 10. The highest BCUT2D eigenvalue weighted by atomic mass is 16.5. The second kappa shape index (κ2) is 9.93. The number of anilines is 1. The topological polar surface area (TPSA) is 69.4 Å². The molecule has 0 spiro atoms. The number of nitrogens with zero attached hydrogens (tertiary/aromatic N) is 1. The number of aromatic nitrogens is 1. The van der Waals surface area contributed by atoms with E-state index in [9.17, 15) is 0 Å². The largest absolute Gasteiger partial charge is 0.499 e. The molecular weight excluding hydrogens is 326 g/mol. The monoisotopic (exact) mass is 359 g/mol. The van der Waals surface area contributed by atoms with Crippen LogP contribution in [-0.2, 0) is 22.3 Å². The molecule has 26 heavy (non-hydrogen) atoms. The van der Waals surface area contributed by atoms with Crippen LogP contribution in [0.1, 0.15) is 56.2 Å². The summed E-state index contributed by atoms with van der Waals surface area (Å²) in [6.07, 6.45) is 9.90. The second-order valence-electron chi connectivity index (χ2n) is 7.33. The van der Waals surface area contributed by atoms with Crippen molar-refractivity contribution in [2.75, 3.05) is 32.2 Å². The minimum absolute atomic E-state index is 0.0255. The molecule has 1 aliphatic carbocycles. The Morgan fingerprint density at radius 2 is 2.08 bits per heavy atom. The zero-order valence-electron chi connectivity index (χ0n) is 16.1. The van der Waals surface area contributed by atoms with Gasteiger partial charge in [-0.05, 0) is 75.0 Å². The number of nitrogens with two attached hydrogens (primary N) is 1. The van der Waals surface area contributed by atoms with E-state index in [-0.39, 0.29) is 6.04 Å². The highest BCUT2D eigenvalue weighted by molar-refractivity contribution is 5.46. The molecule has 1 aromatic heterocycles. The van der Waals surface area contributed by atoms with Crippen LogP contribution in [0.3, 0.4) is 0 Å². The summed E-state index contributed by atoms with van der Waals surface area (Å²) in [7, 11) is 1.73. The van der Waals surface area contributed by atoms with Crippen LogP contribution in [0, 0.1) is 0 Å². The van der Waals surface area contributed by atoms with Crippen molar-refractivity contribution in [1.82, 2.24) is 4.98 Å². The van der Waals surface area contributed by atoms with Gasteiger partial charge in [-0.2, -0.15) is 0 Å². The Hall–Kier alpha value is -1.59. The molecule has 1 fully saturated rings. The summed E-state index contributed by atoms with van der Waals surface area (Å²) in [5.74, 6) is 2.08. The fourth-order valence-electron chi connectivity index (χ4n) is 3.62. The first kappa shape index (κ1) is 19.2. The van der Waals surface area contributed by atoms with Crippen molar-refractivity contribution in [3.63, 3.8) is 0 Å². The summed E-state index contributed by atoms with van der Waals surface area (Å²) in [6.45, 7) is 2.53. The van der Waals surface area contributed by atoms with Crippen LogP contribution in [0.2, 0.25) is 0 Å². The van der Waals surface area contributed by atoms with Gasteiger partial charge in [0.1, 0.15) is 11.6 Å². The highest BCUT2D eigenvalue weighted by Crippen LogP contribution is 2.30. The summed E-state index contributed by atoms with van der Waals surface area (Å²) in [5.41, 5.74) is 10.2. The van der Waals surface area contributed by atoms with E-state index in [2.05, 4.69) is 17.4 Å². The van der Waals surface area contributed by atoms with Crippen molar-refractivity contribution < 1.29 is 9.47 Å². The third-order valence-corrected chi connectivity index (χ3v) is 5.36. The van der Waals surface area contributed by atoms with Crippen molar-refractivity contribution in [3.8, 4) is 0 Å². The molecule has 1 aliphatic heterocycles. The number of hydrogen-bond donors (Lipinski definition) is 2. The molecule has 144 valence electrons. The molecule has 2 aliphatic rings. The van der Waals surface area contributed by atoms with Crippen LogP contribution >= 0.6 is 0 Å². The van der Waals surface area contributed by atoms with Gasteiger partial charge >= 0.3 is 0 Å². The Kier molecular flexibility index (Phi) is 7.32. The van der Waals surface area contributed by atoms with Crippen LogP contribution in [0.25, 0.3) is 0 Å². The van der Waals surface area contributed by atoms with Gasteiger partial charge in [0.15, 0.2) is 0 Å². The summed E-state index contributed by atoms with van der Waals surface area (Å²) in [5, 5.41) is 3.40. The van der Waals surface area contributed by atoms with E-state index in [0.29, 0.717) is 6.61 Å².